The summed E-state index contributed by atoms with van der Waals surface area (Å²) in [6, 6.07) is 4.95. The summed E-state index contributed by atoms with van der Waals surface area (Å²) in [5, 5.41) is 12.2. The van der Waals surface area contributed by atoms with Gasteiger partial charge in [-0.3, -0.25) is 4.79 Å². The summed E-state index contributed by atoms with van der Waals surface area (Å²) >= 11 is 12.1. The second-order valence-corrected chi connectivity index (χ2v) is 6.95. The van der Waals surface area contributed by atoms with E-state index in [-0.39, 0.29) is 28.5 Å². The first-order valence-corrected chi connectivity index (χ1v) is 9.08. The lowest BCUT2D eigenvalue weighted by atomic mass is 10.0. The predicted molar refractivity (Wildman–Crippen MR) is 101 cm³/mol. The standard InChI is InChI=1S/C17H18Cl2N4O4/c1-9-13(18)14(19)15(20-9)16(24)21-10-5-7-23(8-6-10)11-3-2-4-12(22-11)27-17(25)26/h2-4,10,20H,5-8H2,1H3,(H,21,24)(H,25,26). The van der Waals surface area contributed by atoms with E-state index in [0.717, 1.165) is 0 Å². The molecule has 144 valence electrons. The number of ether oxygens (including phenoxy) is 1. The van der Waals surface area contributed by atoms with Crippen LogP contribution in [0.5, 0.6) is 5.88 Å². The molecule has 0 aromatic carbocycles. The van der Waals surface area contributed by atoms with Gasteiger partial charge in [0, 0.05) is 30.9 Å². The molecule has 1 saturated heterocycles. The number of nitrogens with one attached hydrogen (secondary N) is 2. The number of aromatic amines is 1. The average molecular weight is 413 g/mol. The van der Waals surface area contributed by atoms with Gasteiger partial charge in [0.2, 0.25) is 5.88 Å². The van der Waals surface area contributed by atoms with E-state index in [1.807, 2.05) is 4.90 Å². The third-order valence-electron chi connectivity index (χ3n) is 4.34. The highest BCUT2D eigenvalue weighted by molar-refractivity contribution is 6.44. The number of halogens is 2. The first-order valence-electron chi connectivity index (χ1n) is 8.32. The van der Waals surface area contributed by atoms with E-state index < -0.39 is 6.16 Å². The molecule has 27 heavy (non-hydrogen) atoms. The van der Waals surface area contributed by atoms with Gasteiger partial charge < -0.3 is 25.0 Å². The van der Waals surface area contributed by atoms with Crippen LogP contribution in [-0.2, 0) is 0 Å². The number of aryl methyl sites for hydroxylation is 1. The number of aromatic nitrogens is 2. The van der Waals surface area contributed by atoms with Crippen molar-refractivity contribution in [3.63, 3.8) is 0 Å². The van der Waals surface area contributed by atoms with Crippen LogP contribution in [0.4, 0.5) is 10.6 Å². The Morgan fingerprint density at radius 1 is 1.30 bits per heavy atom. The molecule has 0 saturated carbocycles. The molecule has 0 aliphatic carbocycles. The van der Waals surface area contributed by atoms with Gasteiger partial charge in [-0.1, -0.05) is 29.3 Å². The number of amides is 1. The van der Waals surface area contributed by atoms with Gasteiger partial charge in [-0.05, 0) is 25.8 Å². The highest BCUT2D eigenvalue weighted by atomic mass is 35.5. The quantitative estimate of drug-likeness (QED) is 0.663. The smallest absolute Gasteiger partial charge is 0.449 e. The molecule has 1 fully saturated rings. The molecule has 0 atom stereocenters. The van der Waals surface area contributed by atoms with Crippen LogP contribution in [-0.4, -0.2) is 46.3 Å². The topological polar surface area (TPSA) is 108 Å². The maximum absolute atomic E-state index is 12.4. The van der Waals surface area contributed by atoms with E-state index in [4.69, 9.17) is 28.3 Å². The van der Waals surface area contributed by atoms with Crippen LogP contribution in [0.2, 0.25) is 10.0 Å². The van der Waals surface area contributed by atoms with Crippen molar-refractivity contribution in [2.45, 2.75) is 25.8 Å². The van der Waals surface area contributed by atoms with E-state index in [2.05, 4.69) is 20.0 Å². The summed E-state index contributed by atoms with van der Waals surface area (Å²) in [7, 11) is 0. The molecular formula is C17H18Cl2N4O4. The number of carboxylic acid groups (broad SMARTS) is 1. The molecule has 1 amide bonds. The maximum atomic E-state index is 12.4. The van der Waals surface area contributed by atoms with Crippen LogP contribution in [0.3, 0.4) is 0 Å². The molecular weight excluding hydrogens is 395 g/mol. The van der Waals surface area contributed by atoms with Crippen molar-refractivity contribution in [3.8, 4) is 5.88 Å². The van der Waals surface area contributed by atoms with Gasteiger partial charge in [0.05, 0.1) is 10.0 Å². The fraction of sp³-hybridized carbons (Fsp3) is 0.353. The number of carbonyl (C=O) groups excluding carboxylic acids is 1. The first kappa shape index (κ1) is 19.3. The van der Waals surface area contributed by atoms with Crippen LogP contribution in [0.15, 0.2) is 18.2 Å². The minimum Gasteiger partial charge on any atom is -0.449 e. The lowest BCUT2D eigenvalue weighted by Gasteiger charge is -2.33. The fourth-order valence-corrected chi connectivity index (χ4v) is 3.38. The molecule has 0 spiro atoms. The van der Waals surface area contributed by atoms with Gasteiger partial charge in [-0.2, -0.15) is 4.98 Å². The first-order chi connectivity index (χ1) is 12.8. The molecule has 2 aromatic heterocycles. The maximum Gasteiger partial charge on any atom is 0.512 e. The lowest BCUT2D eigenvalue weighted by Crippen LogP contribution is -2.45. The zero-order valence-corrected chi connectivity index (χ0v) is 16.0. The number of nitrogens with zero attached hydrogens (tertiary/aromatic N) is 2. The zero-order chi connectivity index (χ0) is 19.6. The van der Waals surface area contributed by atoms with Crippen LogP contribution in [0.25, 0.3) is 0 Å². The third kappa shape index (κ3) is 4.45. The molecule has 0 bridgehead atoms. The van der Waals surface area contributed by atoms with Crippen molar-refractivity contribution in [3.05, 3.63) is 39.6 Å². The van der Waals surface area contributed by atoms with Crippen LogP contribution >= 0.6 is 23.2 Å². The van der Waals surface area contributed by atoms with Crippen molar-refractivity contribution >= 4 is 41.1 Å². The summed E-state index contributed by atoms with van der Waals surface area (Å²) < 4.78 is 4.59. The Kier molecular flexibility index (Phi) is 5.76. The Bertz CT molecular complexity index is 863. The van der Waals surface area contributed by atoms with Gasteiger partial charge in [-0.15, -0.1) is 0 Å². The number of hydrogen-bond donors (Lipinski definition) is 3. The molecule has 8 nitrogen and oxygen atoms in total. The Morgan fingerprint density at radius 3 is 2.59 bits per heavy atom. The van der Waals surface area contributed by atoms with Crippen LogP contribution in [0.1, 0.15) is 29.0 Å². The van der Waals surface area contributed by atoms with Gasteiger partial charge in [0.15, 0.2) is 0 Å². The SMILES string of the molecule is Cc1[nH]c(C(=O)NC2CCN(c3cccc(OC(=O)O)n3)CC2)c(Cl)c1Cl. The van der Waals surface area contributed by atoms with E-state index in [0.29, 0.717) is 42.5 Å². The molecule has 2 aromatic rings. The number of carbonyl (C=O) groups is 2. The summed E-state index contributed by atoms with van der Waals surface area (Å²) in [6.07, 6.45) is 0.0182. The molecule has 3 heterocycles. The molecule has 1 aliphatic heterocycles. The van der Waals surface area contributed by atoms with Crippen LogP contribution in [0, 0.1) is 6.92 Å². The van der Waals surface area contributed by atoms with Gasteiger partial charge in [0.25, 0.3) is 5.91 Å². The van der Waals surface area contributed by atoms with E-state index in [1.54, 1.807) is 19.1 Å². The Labute approximate surface area is 165 Å². The van der Waals surface area contributed by atoms with Gasteiger partial charge >= 0.3 is 6.16 Å². The number of H-pyrrole nitrogens is 1. The molecule has 10 heteroatoms. The van der Waals surface area contributed by atoms with Crippen molar-refractivity contribution in [1.82, 2.24) is 15.3 Å². The predicted octanol–water partition coefficient (Wildman–Crippen LogP) is 3.48. The van der Waals surface area contributed by atoms with Crippen molar-refractivity contribution in [2.75, 3.05) is 18.0 Å². The number of pyridine rings is 1. The summed E-state index contributed by atoms with van der Waals surface area (Å²) in [4.78, 5) is 32.2. The minimum atomic E-state index is -1.40. The third-order valence-corrected chi connectivity index (χ3v) is 5.28. The molecule has 3 N–H and O–H groups in total. The molecule has 0 radical (unpaired) electrons. The van der Waals surface area contributed by atoms with E-state index in [1.165, 1.54) is 6.07 Å². The Balaban J connectivity index is 1.58. The summed E-state index contributed by atoms with van der Waals surface area (Å²) in [5.41, 5.74) is 0.915. The van der Waals surface area contributed by atoms with Crippen molar-refractivity contribution in [2.24, 2.45) is 0 Å². The van der Waals surface area contributed by atoms with Crippen LogP contribution < -0.4 is 15.0 Å². The largest absolute Gasteiger partial charge is 0.512 e. The molecule has 0 unspecified atom stereocenters. The van der Waals surface area contributed by atoms with E-state index >= 15 is 0 Å². The highest BCUT2D eigenvalue weighted by Gasteiger charge is 2.25. The monoisotopic (exact) mass is 412 g/mol. The van der Waals surface area contributed by atoms with E-state index in [9.17, 15) is 9.59 Å². The number of hydrogen-bond acceptors (Lipinski definition) is 5. The second kappa shape index (κ2) is 8.06. The lowest BCUT2D eigenvalue weighted by molar-refractivity contribution is 0.0926. The highest BCUT2D eigenvalue weighted by Crippen LogP contribution is 2.29. The Morgan fingerprint density at radius 2 is 2.00 bits per heavy atom. The Hall–Kier alpha value is -2.45. The van der Waals surface area contributed by atoms with Gasteiger partial charge in [-0.25, -0.2) is 4.79 Å². The minimum absolute atomic E-state index is 0.00866. The molecule has 1 aliphatic rings. The van der Waals surface area contributed by atoms with Crippen molar-refractivity contribution < 1.29 is 19.4 Å². The number of rotatable bonds is 4. The van der Waals surface area contributed by atoms with Crippen molar-refractivity contribution in [1.29, 1.82) is 0 Å². The summed E-state index contributed by atoms with van der Waals surface area (Å²) in [6.45, 7) is 3.07. The number of piperidine rings is 1. The average Bonchev–Trinajstić information content (AvgIpc) is 2.89. The van der Waals surface area contributed by atoms with Gasteiger partial charge in [0.1, 0.15) is 11.5 Å². The zero-order valence-electron chi connectivity index (χ0n) is 14.5. The number of anilines is 1. The molecule has 3 rings (SSSR count). The fourth-order valence-electron chi connectivity index (χ4n) is 2.96. The second-order valence-electron chi connectivity index (χ2n) is 6.19. The normalized spacial score (nSPS) is 14.9. The summed E-state index contributed by atoms with van der Waals surface area (Å²) in [5.74, 6) is 0.376.